The van der Waals surface area contributed by atoms with Gasteiger partial charge in [-0.15, -0.1) is 11.3 Å². The summed E-state index contributed by atoms with van der Waals surface area (Å²) in [6.45, 7) is 3.73. The first-order chi connectivity index (χ1) is 8.49. The van der Waals surface area contributed by atoms with Crippen LogP contribution in [0.15, 0.2) is 6.07 Å². The van der Waals surface area contributed by atoms with Crippen LogP contribution in [0.5, 0.6) is 0 Å². The number of rotatable bonds is 1. The molecule has 1 aliphatic rings. The molecule has 2 heterocycles. The number of nitrogens with zero attached hydrogens (tertiary/aromatic N) is 2. The highest BCUT2D eigenvalue weighted by molar-refractivity contribution is 7.20. The number of carbonyl (C=O) groups excluding carboxylic acids is 2. The lowest BCUT2D eigenvalue weighted by Crippen LogP contribution is -2.50. The van der Waals surface area contributed by atoms with Crippen molar-refractivity contribution in [1.29, 1.82) is 0 Å². The second-order valence-corrected chi connectivity index (χ2v) is 6.32. The van der Waals surface area contributed by atoms with Crippen LogP contribution in [0.4, 0.5) is 0 Å². The van der Waals surface area contributed by atoms with Crippen molar-refractivity contribution in [3.8, 4) is 0 Å². The van der Waals surface area contributed by atoms with Gasteiger partial charge in [-0.05, 0) is 6.07 Å². The van der Waals surface area contributed by atoms with Crippen LogP contribution in [0, 0.1) is 0 Å². The van der Waals surface area contributed by atoms with Gasteiger partial charge in [0.2, 0.25) is 5.91 Å². The zero-order valence-electron chi connectivity index (χ0n) is 9.78. The molecular formula is C11H12Cl2N2O2S. The topological polar surface area (TPSA) is 40.6 Å². The fourth-order valence-electron chi connectivity index (χ4n) is 1.88. The summed E-state index contributed by atoms with van der Waals surface area (Å²) in [5.41, 5.74) is 0.447. The molecule has 0 bridgehead atoms. The molecule has 0 spiro atoms. The van der Waals surface area contributed by atoms with E-state index >= 15 is 0 Å². The average molecular weight is 307 g/mol. The van der Waals surface area contributed by atoms with E-state index in [1.54, 1.807) is 15.9 Å². The fourth-order valence-corrected chi connectivity index (χ4v) is 3.33. The van der Waals surface area contributed by atoms with E-state index in [9.17, 15) is 9.59 Å². The summed E-state index contributed by atoms with van der Waals surface area (Å²) < 4.78 is 0.921. The van der Waals surface area contributed by atoms with Gasteiger partial charge in [0.05, 0.1) is 9.90 Å². The minimum Gasteiger partial charge on any atom is -0.339 e. The molecule has 18 heavy (non-hydrogen) atoms. The Kier molecular flexibility index (Phi) is 4.14. The average Bonchev–Trinajstić information content (AvgIpc) is 2.67. The van der Waals surface area contributed by atoms with Crippen LogP contribution in [0.2, 0.25) is 8.67 Å². The van der Waals surface area contributed by atoms with Crippen LogP contribution in [0.1, 0.15) is 17.3 Å². The molecule has 1 aromatic heterocycles. The van der Waals surface area contributed by atoms with Crippen LogP contribution in [0.3, 0.4) is 0 Å². The van der Waals surface area contributed by atoms with Crippen molar-refractivity contribution in [3.63, 3.8) is 0 Å². The molecule has 4 nitrogen and oxygen atoms in total. The lowest BCUT2D eigenvalue weighted by atomic mass is 10.2. The van der Waals surface area contributed by atoms with Gasteiger partial charge in [-0.2, -0.15) is 0 Å². The number of halogens is 2. The predicted octanol–water partition coefficient (Wildman–Crippen LogP) is 2.36. The maximum absolute atomic E-state index is 12.2. The Labute approximate surface area is 119 Å². The molecular weight excluding hydrogens is 295 g/mol. The molecule has 1 aromatic rings. The zero-order valence-corrected chi connectivity index (χ0v) is 12.1. The van der Waals surface area contributed by atoms with Gasteiger partial charge in [0.1, 0.15) is 4.34 Å². The smallest absolute Gasteiger partial charge is 0.256 e. The molecule has 0 unspecified atom stereocenters. The fraction of sp³-hybridized carbons (Fsp3) is 0.455. The van der Waals surface area contributed by atoms with E-state index in [0.717, 1.165) is 0 Å². The summed E-state index contributed by atoms with van der Waals surface area (Å²) >= 11 is 13.0. The van der Waals surface area contributed by atoms with Gasteiger partial charge in [-0.25, -0.2) is 0 Å². The van der Waals surface area contributed by atoms with Crippen molar-refractivity contribution < 1.29 is 9.59 Å². The highest BCUT2D eigenvalue weighted by Gasteiger charge is 2.25. The molecule has 2 rings (SSSR count). The molecule has 0 saturated carbocycles. The summed E-state index contributed by atoms with van der Waals surface area (Å²) in [4.78, 5) is 26.8. The third kappa shape index (κ3) is 2.79. The van der Waals surface area contributed by atoms with Crippen molar-refractivity contribution >= 4 is 46.4 Å². The van der Waals surface area contributed by atoms with E-state index in [-0.39, 0.29) is 11.8 Å². The number of piperazine rings is 1. The third-order valence-corrected chi connectivity index (χ3v) is 4.39. The van der Waals surface area contributed by atoms with Crippen molar-refractivity contribution in [2.75, 3.05) is 26.2 Å². The predicted molar refractivity (Wildman–Crippen MR) is 72.5 cm³/mol. The second kappa shape index (κ2) is 5.47. The first-order valence-corrected chi connectivity index (χ1v) is 7.06. The quantitative estimate of drug-likeness (QED) is 0.799. The number of amides is 2. The van der Waals surface area contributed by atoms with Gasteiger partial charge < -0.3 is 9.80 Å². The van der Waals surface area contributed by atoms with E-state index in [1.165, 1.54) is 18.3 Å². The molecule has 0 aliphatic carbocycles. The number of carbonyl (C=O) groups is 2. The van der Waals surface area contributed by atoms with E-state index in [2.05, 4.69) is 0 Å². The third-order valence-electron chi connectivity index (χ3n) is 2.90. The molecule has 0 atom stereocenters. The number of thiophene rings is 1. The minimum absolute atomic E-state index is 0.0405. The van der Waals surface area contributed by atoms with Crippen molar-refractivity contribution in [2.45, 2.75) is 6.92 Å². The molecule has 2 amide bonds. The molecule has 0 aromatic carbocycles. The van der Waals surface area contributed by atoms with E-state index in [4.69, 9.17) is 23.2 Å². The summed E-state index contributed by atoms with van der Waals surface area (Å²) in [6.07, 6.45) is 0. The Morgan fingerprint density at radius 3 is 2.17 bits per heavy atom. The van der Waals surface area contributed by atoms with Crippen LogP contribution in [0.25, 0.3) is 0 Å². The molecule has 0 radical (unpaired) electrons. The van der Waals surface area contributed by atoms with Crippen LogP contribution in [-0.2, 0) is 4.79 Å². The summed E-state index contributed by atoms with van der Waals surface area (Å²) in [5.74, 6) is -0.0786. The normalized spacial score (nSPS) is 15.9. The van der Waals surface area contributed by atoms with E-state index in [0.29, 0.717) is 40.4 Å². The number of hydrogen-bond acceptors (Lipinski definition) is 3. The van der Waals surface area contributed by atoms with Crippen LogP contribution in [-0.4, -0.2) is 47.8 Å². The largest absolute Gasteiger partial charge is 0.339 e. The Bertz CT molecular complexity index is 481. The Morgan fingerprint density at radius 2 is 1.72 bits per heavy atom. The van der Waals surface area contributed by atoms with E-state index < -0.39 is 0 Å². The molecule has 7 heteroatoms. The van der Waals surface area contributed by atoms with Gasteiger partial charge in [0.25, 0.3) is 5.91 Å². The van der Waals surface area contributed by atoms with Crippen molar-refractivity contribution in [1.82, 2.24) is 9.80 Å². The summed E-state index contributed by atoms with van der Waals surface area (Å²) in [6, 6.07) is 1.59. The second-order valence-electron chi connectivity index (χ2n) is 4.04. The first-order valence-electron chi connectivity index (χ1n) is 5.48. The van der Waals surface area contributed by atoms with Crippen molar-refractivity contribution in [3.05, 3.63) is 20.3 Å². The van der Waals surface area contributed by atoms with Gasteiger partial charge in [0, 0.05) is 33.1 Å². The molecule has 98 valence electrons. The van der Waals surface area contributed by atoms with Gasteiger partial charge >= 0.3 is 0 Å². The van der Waals surface area contributed by atoms with Crippen LogP contribution >= 0.6 is 34.5 Å². The molecule has 1 saturated heterocycles. The Balaban J connectivity index is 2.04. The van der Waals surface area contributed by atoms with Gasteiger partial charge in [-0.1, -0.05) is 23.2 Å². The molecule has 1 fully saturated rings. The molecule has 0 N–H and O–H groups in total. The SMILES string of the molecule is CC(=O)N1CCN(C(=O)c2cc(Cl)sc2Cl)CC1. The Morgan fingerprint density at radius 1 is 1.17 bits per heavy atom. The monoisotopic (exact) mass is 306 g/mol. The lowest BCUT2D eigenvalue weighted by Gasteiger charge is -2.34. The van der Waals surface area contributed by atoms with Crippen LogP contribution < -0.4 is 0 Å². The Hall–Kier alpha value is -0.780. The zero-order chi connectivity index (χ0) is 13.3. The molecule has 1 aliphatic heterocycles. The standard InChI is InChI=1S/C11H12Cl2N2O2S/c1-7(16)14-2-4-15(5-3-14)11(17)8-6-9(12)18-10(8)13/h6H,2-5H2,1H3. The first kappa shape index (κ1) is 13.6. The highest BCUT2D eigenvalue weighted by atomic mass is 35.5. The van der Waals surface area contributed by atoms with Crippen molar-refractivity contribution in [2.24, 2.45) is 0 Å². The number of hydrogen-bond donors (Lipinski definition) is 0. The summed E-state index contributed by atoms with van der Waals surface area (Å²) in [5, 5.41) is 0. The maximum Gasteiger partial charge on any atom is 0.256 e. The van der Waals surface area contributed by atoms with Gasteiger partial charge in [0.15, 0.2) is 0 Å². The highest BCUT2D eigenvalue weighted by Crippen LogP contribution is 2.32. The summed E-state index contributed by atoms with van der Waals surface area (Å²) in [7, 11) is 0. The lowest BCUT2D eigenvalue weighted by molar-refractivity contribution is -0.130. The minimum atomic E-state index is -0.119. The van der Waals surface area contributed by atoms with E-state index in [1.807, 2.05) is 0 Å². The maximum atomic E-state index is 12.2. The van der Waals surface area contributed by atoms with Gasteiger partial charge in [-0.3, -0.25) is 9.59 Å².